The number of hydrogen-bond donors (Lipinski definition) is 5. The Morgan fingerprint density at radius 3 is 2.14 bits per heavy atom. The van der Waals surface area contributed by atoms with Gasteiger partial charge in [-0.05, 0) is 104 Å². The number of nitrogens with zero attached hydrogens (tertiary/aromatic N) is 6. The summed E-state index contributed by atoms with van der Waals surface area (Å²) in [6, 6.07) is 17.2. The Kier molecular flexibility index (Phi) is 13.4. The number of halogens is 4. The smallest absolute Gasteiger partial charge is 0.268 e. The molecule has 3 saturated heterocycles. The molecule has 0 spiro atoms. The largest absolute Gasteiger partial charge is 0.352 e. The van der Waals surface area contributed by atoms with Gasteiger partial charge in [0.25, 0.3) is 11.8 Å². The maximum absolute atomic E-state index is 15.3. The molecule has 1 atom stereocenters. The predicted molar refractivity (Wildman–Crippen MR) is 230 cm³/mol. The number of carbonyl (C=O) groups excluding carboxylic acids is 4. The van der Waals surface area contributed by atoms with Crippen LogP contribution in [0.2, 0.25) is 0 Å². The lowest BCUT2D eigenvalue weighted by atomic mass is 9.91. The van der Waals surface area contributed by atoms with E-state index in [1.807, 2.05) is 4.90 Å². The van der Waals surface area contributed by atoms with E-state index in [1.54, 1.807) is 35.3 Å². The topological polar surface area (TPSA) is 177 Å². The first-order valence-corrected chi connectivity index (χ1v) is 21.0. The third-order valence-electron chi connectivity index (χ3n) is 11.6. The Hall–Kier alpha value is -6.99. The minimum atomic E-state index is -0.775. The van der Waals surface area contributed by atoms with E-state index < -0.39 is 46.9 Å². The molecule has 5 heterocycles. The second-order valence-electron chi connectivity index (χ2n) is 15.9. The van der Waals surface area contributed by atoms with E-state index in [0.717, 1.165) is 51.2 Å². The van der Waals surface area contributed by atoms with Crippen molar-refractivity contribution in [1.82, 2.24) is 35.6 Å². The van der Waals surface area contributed by atoms with Crippen molar-refractivity contribution in [2.24, 2.45) is 5.92 Å². The van der Waals surface area contributed by atoms with Gasteiger partial charge in [-0.3, -0.25) is 34.8 Å². The van der Waals surface area contributed by atoms with Crippen molar-refractivity contribution in [2.75, 3.05) is 66.7 Å². The Labute approximate surface area is 365 Å². The van der Waals surface area contributed by atoms with Crippen molar-refractivity contribution in [1.29, 1.82) is 0 Å². The average Bonchev–Trinajstić information content (AvgIpc) is 3.28. The number of piperazine rings is 1. The molecule has 0 aliphatic carbocycles. The molecule has 15 nitrogen and oxygen atoms in total. The van der Waals surface area contributed by atoms with Crippen LogP contribution in [0.25, 0.3) is 0 Å². The fraction of sp³-hybridized carbons (Fsp3) is 0.311. The number of pyridine rings is 1. The summed E-state index contributed by atoms with van der Waals surface area (Å²) in [4.78, 5) is 66.0. The van der Waals surface area contributed by atoms with Crippen LogP contribution in [-0.4, -0.2) is 94.3 Å². The van der Waals surface area contributed by atoms with Gasteiger partial charge in [0.1, 0.15) is 11.6 Å². The first-order chi connectivity index (χ1) is 30.9. The second kappa shape index (κ2) is 19.6. The lowest BCUT2D eigenvalue weighted by Gasteiger charge is -2.37. The highest BCUT2D eigenvalue weighted by Crippen LogP contribution is 2.29. The molecule has 8 rings (SSSR count). The van der Waals surface area contributed by atoms with Gasteiger partial charge in [0.05, 0.1) is 23.2 Å². The van der Waals surface area contributed by atoms with Gasteiger partial charge in [0.2, 0.25) is 17.8 Å². The molecule has 2 aromatic heterocycles. The standard InChI is InChI=1S/C45H45F4N11O4/c46-35-4-2-1-3-33(35)43(63)53-30-7-5-29(6-8-30)52-40-38(49)26-51-45(56-40)54-31-9-10-34(36(47)24-31)44(64)57-60-17-14-27(15-18-60)13-16-58-19-21-59(22-20-58)41-37(48)23-28(25-50-41)32-11-12-39(61)55-42(32)62/h1-10,23-27,32H,11-22H2,(H,53,63)(H,57,64)(H,55,61,62)(H2,51,52,54,56). The molecule has 3 aliphatic heterocycles. The molecule has 64 heavy (non-hydrogen) atoms. The van der Waals surface area contributed by atoms with Gasteiger partial charge in [-0.2, -0.15) is 4.98 Å². The highest BCUT2D eigenvalue weighted by atomic mass is 19.1. The highest BCUT2D eigenvalue weighted by molar-refractivity contribution is 6.04. The molecule has 0 saturated carbocycles. The number of amides is 4. The van der Waals surface area contributed by atoms with Crippen molar-refractivity contribution in [3.8, 4) is 0 Å². The Morgan fingerprint density at radius 2 is 1.42 bits per heavy atom. The van der Waals surface area contributed by atoms with Gasteiger partial charge in [0, 0.05) is 68.9 Å². The number of aromatic nitrogens is 3. The Bertz CT molecular complexity index is 2530. The van der Waals surface area contributed by atoms with Crippen molar-refractivity contribution in [3.05, 3.63) is 125 Å². The molecule has 332 valence electrons. The number of rotatable bonds is 13. The summed E-state index contributed by atoms with van der Waals surface area (Å²) in [5.74, 6) is -4.71. The van der Waals surface area contributed by atoms with Crippen LogP contribution in [0, 0.1) is 29.2 Å². The van der Waals surface area contributed by atoms with Gasteiger partial charge in [-0.15, -0.1) is 0 Å². The molecule has 3 aromatic carbocycles. The van der Waals surface area contributed by atoms with E-state index in [9.17, 15) is 28.0 Å². The molecule has 4 amide bonds. The van der Waals surface area contributed by atoms with Crippen molar-refractivity contribution < 1.29 is 36.7 Å². The summed E-state index contributed by atoms with van der Waals surface area (Å²) < 4.78 is 59.1. The zero-order valence-corrected chi connectivity index (χ0v) is 34.6. The lowest BCUT2D eigenvalue weighted by Crippen LogP contribution is -2.48. The summed E-state index contributed by atoms with van der Waals surface area (Å²) in [7, 11) is 0. The maximum atomic E-state index is 15.3. The molecule has 5 aromatic rings. The van der Waals surface area contributed by atoms with Gasteiger partial charge in [-0.1, -0.05) is 12.1 Å². The van der Waals surface area contributed by atoms with Crippen LogP contribution < -0.4 is 31.6 Å². The molecule has 1 unspecified atom stereocenters. The fourth-order valence-electron chi connectivity index (χ4n) is 8.00. The summed E-state index contributed by atoms with van der Waals surface area (Å²) in [5.41, 5.74) is 4.07. The average molecular weight is 880 g/mol. The minimum Gasteiger partial charge on any atom is -0.352 e. The molecule has 5 N–H and O–H groups in total. The monoisotopic (exact) mass is 879 g/mol. The van der Waals surface area contributed by atoms with E-state index in [4.69, 9.17) is 0 Å². The zero-order chi connectivity index (χ0) is 44.7. The third kappa shape index (κ3) is 10.6. The number of hydrogen-bond acceptors (Lipinski definition) is 12. The van der Waals surface area contributed by atoms with E-state index >= 15 is 8.78 Å². The fourth-order valence-corrected chi connectivity index (χ4v) is 8.00. The summed E-state index contributed by atoms with van der Waals surface area (Å²) in [5, 5.41) is 12.4. The predicted octanol–water partition coefficient (Wildman–Crippen LogP) is 6.26. The van der Waals surface area contributed by atoms with Crippen molar-refractivity contribution in [2.45, 2.75) is 38.0 Å². The molecular weight excluding hydrogens is 835 g/mol. The zero-order valence-electron chi connectivity index (χ0n) is 34.6. The molecule has 0 bridgehead atoms. The Balaban J connectivity index is 0.757. The third-order valence-corrected chi connectivity index (χ3v) is 11.6. The van der Waals surface area contributed by atoms with Crippen LogP contribution >= 0.6 is 0 Å². The van der Waals surface area contributed by atoms with E-state index in [-0.39, 0.29) is 46.7 Å². The molecule has 3 aliphatic rings. The van der Waals surface area contributed by atoms with Crippen molar-refractivity contribution in [3.63, 3.8) is 0 Å². The number of carbonyl (C=O) groups is 4. The summed E-state index contributed by atoms with van der Waals surface area (Å²) in [6.07, 6.45) is 5.71. The summed E-state index contributed by atoms with van der Waals surface area (Å²) in [6.45, 7) is 4.84. The number of anilines is 6. The second-order valence-corrected chi connectivity index (χ2v) is 15.9. The normalized spacial score (nSPS) is 17.4. The van der Waals surface area contributed by atoms with Gasteiger partial charge in [0.15, 0.2) is 23.3 Å². The van der Waals surface area contributed by atoms with E-state index in [1.165, 1.54) is 42.6 Å². The first-order valence-electron chi connectivity index (χ1n) is 21.0. The van der Waals surface area contributed by atoms with Crippen LogP contribution in [-0.2, 0) is 9.59 Å². The number of imide groups is 1. The van der Waals surface area contributed by atoms with Gasteiger partial charge in [-0.25, -0.2) is 32.5 Å². The SMILES string of the molecule is O=C1CCC(c2cnc(N3CCN(CCC4CCN(NC(=O)c5ccc(Nc6ncc(F)c(Nc7ccc(NC(=O)c8ccccc8F)cc7)n6)cc5F)CC4)CC3)c(F)c2)C(=O)N1. The van der Waals surface area contributed by atoms with Crippen molar-refractivity contribution >= 4 is 58.3 Å². The first kappa shape index (κ1) is 43.7. The molecular formula is C45H45F4N11O4. The number of nitrogens with one attached hydrogen (secondary N) is 5. The Morgan fingerprint density at radius 1 is 0.703 bits per heavy atom. The van der Waals surface area contributed by atoms with Gasteiger partial charge < -0.3 is 20.9 Å². The minimum absolute atomic E-state index is 0.0391. The van der Waals surface area contributed by atoms with Gasteiger partial charge >= 0.3 is 0 Å². The highest BCUT2D eigenvalue weighted by Gasteiger charge is 2.30. The van der Waals surface area contributed by atoms with Crippen LogP contribution in [0.15, 0.2) is 85.2 Å². The maximum Gasteiger partial charge on any atom is 0.268 e. The van der Waals surface area contributed by atoms with E-state index in [0.29, 0.717) is 55.5 Å². The van der Waals surface area contributed by atoms with Crippen LogP contribution in [0.5, 0.6) is 0 Å². The quantitative estimate of drug-likeness (QED) is 0.0665. The van der Waals surface area contributed by atoms with Crippen LogP contribution in [0.1, 0.15) is 64.3 Å². The van der Waals surface area contributed by atoms with Crippen LogP contribution in [0.3, 0.4) is 0 Å². The number of benzene rings is 3. The molecule has 0 radical (unpaired) electrons. The summed E-state index contributed by atoms with van der Waals surface area (Å²) >= 11 is 0. The molecule has 19 heteroatoms. The van der Waals surface area contributed by atoms with E-state index in [2.05, 4.69) is 46.5 Å². The number of hydrazine groups is 1. The molecule has 3 fully saturated rings. The van der Waals surface area contributed by atoms with Crippen LogP contribution in [0.4, 0.5) is 52.2 Å². The lowest BCUT2D eigenvalue weighted by molar-refractivity contribution is -0.134. The number of piperidine rings is 2.